The van der Waals surface area contributed by atoms with E-state index < -0.39 is 44.4 Å². The number of alkyl halides is 3. The number of sulfonamides is 1. The summed E-state index contributed by atoms with van der Waals surface area (Å²) in [5.41, 5.74) is 4.82. The summed E-state index contributed by atoms with van der Waals surface area (Å²) in [5.74, 6) is -1.68. The van der Waals surface area contributed by atoms with E-state index in [4.69, 9.17) is 5.73 Å². The van der Waals surface area contributed by atoms with E-state index >= 15 is 0 Å². The Kier molecular flexibility index (Phi) is 7.33. The number of carbonyl (C=O) groups excluding carboxylic acids is 1. The van der Waals surface area contributed by atoms with Crippen molar-refractivity contribution in [1.82, 2.24) is 10.0 Å². The van der Waals surface area contributed by atoms with Crippen molar-refractivity contribution in [2.24, 2.45) is 5.73 Å². The Balaban J connectivity index is 1.90. The molecule has 6 nitrogen and oxygen atoms in total. The minimum atomic E-state index is -5.03. The molecule has 0 aliphatic heterocycles. The zero-order valence-electron chi connectivity index (χ0n) is 15.0. The number of amides is 1. The second kappa shape index (κ2) is 9.33. The molecule has 11 heteroatoms. The van der Waals surface area contributed by atoms with E-state index in [0.717, 1.165) is 0 Å². The van der Waals surface area contributed by atoms with E-state index in [1.165, 1.54) is 0 Å². The van der Waals surface area contributed by atoms with Gasteiger partial charge in [0.05, 0.1) is 10.5 Å². The maximum absolute atomic E-state index is 13.1. The van der Waals surface area contributed by atoms with Crippen molar-refractivity contribution in [2.45, 2.75) is 23.5 Å². The lowest BCUT2D eigenvalue weighted by molar-refractivity contribution is -0.140. The summed E-state index contributed by atoms with van der Waals surface area (Å²) in [6, 6.07) is 8.99. The lowest BCUT2D eigenvalue weighted by Crippen LogP contribution is -2.36. The maximum Gasteiger partial charge on any atom is 0.417 e. The molecule has 0 unspecified atom stereocenters. The summed E-state index contributed by atoms with van der Waals surface area (Å²) in [4.78, 5) is 10.9. The highest BCUT2D eigenvalue weighted by Crippen LogP contribution is 2.34. The summed E-state index contributed by atoms with van der Waals surface area (Å²) < 4.78 is 78.4. The third-order valence-electron chi connectivity index (χ3n) is 3.92. The topological polar surface area (TPSA) is 101 Å². The number of nitrogens with one attached hydrogen (secondary N) is 2. The molecule has 1 atom stereocenters. The minimum absolute atomic E-state index is 0.0530. The van der Waals surface area contributed by atoms with Gasteiger partial charge in [0.25, 0.3) is 0 Å². The fourth-order valence-electron chi connectivity index (χ4n) is 2.46. The maximum atomic E-state index is 13.1. The molecule has 0 aliphatic carbocycles. The van der Waals surface area contributed by atoms with Crippen LogP contribution in [0.4, 0.5) is 17.6 Å². The molecule has 0 spiro atoms. The normalized spacial score (nSPS) is 13.1. The van der Waals surface area contributed by atoms with Crippen LogP contribution in [0.25, 0.3) is 0 Å². The zero-order chi connectivity index (χ0) is 21.7. The van der Waals surface area contributed by atoms with Gasteiger partial charge < -0.3 is 11.1 Å². The van der Waals surface area contributed by atoms with Crippen LogP contribution >= 0.6 is 0 Å². The third kappa shape index (κ3) is 6.24. The van der Waals surface area contributed by atoms with Crippen LogP contribution in [0.3, 0.4) is 0 Å². The predicted molar refractivity (Wildman–Crippen MR) is 97.6 cm³/mol. The molecule has 0 radical (unpaired) electrons. The summed E-state index contributed by atoms with van der Waals surface area (Å²) in [5, 5.41) is 2.52. The lowest BCUT2D eigenvalue weighted by Gasteiger charge is -2.15. The van der Waals surface area contributed by atoms with Crippen LogP contribution in [-0.4, -0.2) is 27.4 Å². The van der Waals surface area contributed by atoms with Gasteiger partial charge in [-0.05, 0) is 30.2 Å². The number of benzene rings is 2. The van der Waals surface area contributed by atoms with E-state index in [2.05, 4.69) is 5.32 Å². The number of halogens is 4. The average molecular weight is 433 g/mol. The standard InChI is InChI=1S/C18H19F4N3O3S/c19-13-7-8-15(14(11-13)18(20,21)22)29(27,28)25-10-4-9-24-17(26)16(23)12-5-2-1-3-6-12/h1-3,5-8,11,16,25H,4,9-10,23H2,(H,24,26)/t16-/m0/s1. The van der Waals surface area contributed by atoms with Crippen LogP contribution in [0.1, 0.15) is 23.6 Å². The highest BCUT2D eigenvalue weighted by molar-refractivity contribution is 7.89. The highest BCUT2D eigenvalue weighted by Gasteiger charge is 2.37. The van der Waals surface area contributed by atoms with Gasteiger partial charge in [0.15, 0.2) is 0 Å². The monoisotopic (exact) mass is 433 g/mol. The Morgan fingerprint density at radius 2 is 1.72 bits per heavy atom. The van der Waals surface area contributed by atoms with Gasteiger partial charge in [-0.2, -0.15) is 13.2 Å². The van der Waals surface area contributed by atoms with Crippen molar-refractivity contribution >= 4 is 15.9 Å². The van der Waals surface area contributed by atoms with Crippen molar-refractivity contribution in [3.8, 4) is 0 Å². The Hall–Kier alpha value is -2.50. The van der Waals surface area contributed by atoms with E-state index in [1.807, 2.05) is 4.72 Å². The largest absolute Gasteiger partial charge is 0.417 e. The fraction of sp³-hybridized carbons (Fsp3) is 0.278. The molecule has 0 bridgehead atoms. The molecule has 0 fully saturated rings. The SMILES string of the molecule is N[C@H](C(=O)NCCCNS(=O)(=O)c1ccc(F)cc1C(F)(F)F)c1ccccc1. The molecule has 0 aliphatic rings. The quantitative estimate of drug-likeness (QED) is 0.439. The summed E-state index contributed by atoms with van der Waals surface area (Å²) >= 11 is 0. The fourth-order valence-corrected chi connectivity index (χ4v) is 3.74. The Bertz CT molecular complexity index is 951. The van der Waals surface area contributed by atoms with Crippen LogP contribution in [0.5, 0.6) is 0 Å². The molecule has 0 heterocycles. The first-order valence-electron chi connectivity index (χ1n) is 8.47. The van der Waals surface area contributed by atoms with Gasteiger partial charge in [-0.1, -0.05) is 30.3 Å². The minimum Gasteiger partial charge on any atom is -0.354 e. The van der Waals surface area contributed by atoms with Crippen LogP contribution < -0.4 is 15.8 Å². The summed E-state index contributed by atoms with van der Waals surface area (Å²) in [6.07, 6.45) is -4.93. The van der Waals surface area contributed by atoms with Crippen molar-refractivity contribution in [2.75, 3.05) is 13.1 Å². The molecule has 0 saturated heterocycles. The number of nitrogens with two attached hydrogens (primary N) is 1. The van der Waals surface area contributed by atoms with Crippen molar-refractivity contribution in [1.29, 1.82) is 0 Å². The van der Waals surface area contributed by atoms with Crippen molar-refractivity contribution in [3.05, 3.63) is 65.5 Å². The van der Waals surface area contributed by atoms with Gasteiger partial charge in [-0.3, -0.25) is 4.79 Å². The van der Waals surface area contributed by atoms with Gasteiger partial charge in [0.2, 0.25) is 15.9 Å². The lowest BCUT2D eigenvalue weighted by atomic mass is 10.1. The first kappa shape index (κ1) is 22.8. The number of hydrogen-bond acceptors (Lipinski definition) is 4. The first-order chi connectivity index (χ1) is 13.5. The Labute approximate surface area is 165 Å². The van der Waals surface area contributed by atoms with Crippen molar-refractivity contribution < 1.29 is 30.8 Å². The number of carbonyl (C=O) groups is 1. The molecule has 29 heavy (non-hydrogen) atoms. The molecular weight excluding hydrogens is 414 g/mol. The molecule has 2 aromatic carbocycles. The molecule has 0 aromatic heterocycles. The van der Waals surface area contributed by atoms with E-state index in [9.17, 15) is 30.8 Å². The average Bonchev–Trinajstić information content (AvgIpc) is 2.66. The molecule has 2 rings (SSSR count). The van der Waals surface area contributed by atoms with E-state index in [1.54, 1.807) is 30.3 Å². The molecule has 0 saturated carbocycles. The second-order valence-electron chi connectivity index (χ2n) is 6.07. The third-order valence-corrected chi connectivity index (χ3v) is 5.44. The summed E-state index contributed by atoms with van der Waals surface area (Å²) in [6.45, 7) is -0.185. The zero-order valence-corrected chi connectivity index (χ0v) is 15.9. The van der Waals surface area contributed by atoms with Gasteiger partial charge in [-0.25, -0.2) is 17.5 Å². The van der Waals surface area contributed by atoms with Gasteiger partial charge in [0.1, 0.15) is 11.9 Å². The van der Waals surface area contributed by atoms with Gasteiger partial charge in [0, 0.05) is 13.1 Å². The Morgan fingerprint density at radius 1 is 1.07 bits per heavy atom. The van der Waals surface area contributed by atoms with Gasteiger partial charge >= 0.3 is 6.18 Å². The number of rotatable bonds is 8. The van der Waals surface area contributed by atoms with Crippen LogP contribution in [0.15, 0.2) is 53.4 Å². The highest BCUT2D eigenvalue weighted by atomic mass is 32.2. The van der Waals surface area contributed by atoms with Crippen LogP contribution in [0, 0.1) is 5.82 Å². The van der Waals surface area contributed by atoms with E-state index in [0.29, 0.717) is 17.7 Å². The van der Waals surface area contributed by atoms with Crippen LogP contribution in [0.2, 0.25) is 0 Å². The predicted octanol–water partition coefficient (Wildman–Crippen LogP) is 2.33. The van der Waals surface area contributed by atoms with Crippen LogP contribution in [-0.2, 0) is 21.0 Å². The van der Waals surface area contributed by atoms with Crippen molar-refractivity contribution in [3.63, 3.8) is 0 Å². The smallest absolute Gasteiger partial charge is 0.354 e. The summed E-state index contributed by atoms with van der Waals surface area (Å²) in [7, 11) is -4.52. The Morgan fingerprint density at radius 3 is 2.34 bits per heavy atom. The van der Waals surface area contributed by atoms with Gasteiger partial charge in [-0.15, -0.1) is 0 Å². The number of hydrogen-bond donors (Lipinski definition) is 3. The second-order valence-corrected chi connectivity index (χ2v) is 7.80. The molecule has 2 aromatic rings. The molecule has 1 amide bonds. The van der Waals surface area contributed by atoms with E-state index in [-0.39, 0.29) is 25.6 Å². The molecular formula is C18H19F4N3O3S. The molecule has 158 valence electrons. The first-order valence-corrected chi connectivity index (χ1v) is 9.95. The molecule has 4 N–H and O–H groups in total.